The zero-order valence-corrected chi connectivity index (χ0v) is 10.0. The lowest BCUT2D eigenvalue weighted by molar-refractivity contribution is -0.384. The molecule has 2 aromatic rings. The molecule has 0 bridgehead atoms. The highest BCUT2D eigenvalue weighted by atomic mass is 35.5. The van der Waals surface area contributed by atoms with Crippen LogP contribution in [0.15, 0.2) is 42.6 Å². The summed E-state index contributed by atoms with van der Waals surface area (Å²) in [6.07, 6.45) is 5.26. The van der Waals surface area contributed by atoms with Crippen LogP contribution in [0, 0.1) is 10.1 Å². The maximum absolute atomic E-state index is 10.6. The quantitative estimate of drug-likeness (QED) is 0.623. The Balaban J connectivity index is 2.25. The predicted molar refractivity (Wildman–Crippen MR) is 71.3 cm³/mol. The third kappa shape index (κ3) is 2.93. The minimum Gasteiger partial charge on any atom is -0.258 e. The van der Waals surface area contributed by atoms with Gasteiger partial charge in [0, 0.05) is 18.3 Å². The maximum Gasteiger partial charge on any atom is 0.270 e. The predicted octanol–water partition coefficient (Wildman–Crippen LogP) is 3.81. The first-order chi connectivity index (χ1) is 8.66. The van der Waals surface area contributed by atoms with E-state index < -0.39 is 4.92 Å². The van der Waals surface area contributed by atoms with Crippen molar-refractivity contribution in [2.24, 2.45) is 0 Å². The Labute approximate surface area is 109 Å². The lowest BCUT2D eigenvalue weighted by atomic mass is 10.2. The highest BCUT2D eigenvalue weighted by Crippen LogP contribution is 2.23. The van der Waals surface area contributed by atoms with Crippen LogP contribution in [0.2, 0.25) is 5.02 Å². The Bertz CT molecular complexity index is 597. The van der Waals surface area contributed by atoms with Crippen molar-refractivity contribution < 1.29 is 4.92 Å². The van der Waals surface area contributed by atoms with Gasteiger partial charge in [-0.25, -0.2) is 0 Å². The lowest BCUT2D eigenvalue weighted by Gasteiger charge is -1.98. The summed E-state index contributed by atoms with van der Waals surface area (Å²) in [6.45, 7) is 0. The molecule has 4 nitrogen and oxygen atoms in total. The van der Waals surface area contributed by atoms with Crippen molar-refractivity contribution in [1.29, 1.82) is 0 Å². The molecule has 0 N–H and O–H groups in total. The van der Waals surface area contributed by atoms with Crippen LogP contribution in [0.4, 0.5) is 5.69 Å². The molecule has 0 unspecified atom stereocenters. The van der Waals surface area contributed by atoms with E-state index in [1.807, 2.05) is 18.2 Å². The second kappa shape index (κ2) is 5.42. The van der Waals surface area contributed by atoms with Crippen LogP contribution < -0.4 is 0 Å². The third-order valence-electron chi connectivity index (χ3n) is 2.32. The standard InChI is InChI=1S/C13H9ClN2O2/c14-13-9-12(16(17)18)7-5-10(13)4-6-11-3-1-2-8-15-11/h1-9H/b6-4-. The van der Waals surface area contributed by atoms with E-state index in [0.717, 1.165) is 5.69 Å². The molecule has 1 aromatic carbocycles. The summed E-state index contributed by atoms with van der Waals surface area (Å²) in [7, 11) is 0. The van der Waals surface area contributed by atoms with Gasteiger partial charge in [0.1, 0.15) is 0 Å². The average Bonchev–Trinajstić information content (AvgIpc) is 2.38. The summed E-state index contributed by atoms with van der Waals surface area (Å²) in [4.78, 5) is 14.2. The molecule has 18 heavy (non-hydrogen) atoms. The number of nitro benzene ring substituents is 1. The number of nitrogens with zero attached hydrogens (tertiary/aromatic N) is 2. The van der Waals surface area contributed by atoms with Crippen molar-refractivity contribution in [3.8, 4) is 0 Å². The van der Waals surface area contributed by atoms with E-state index >= 15 is 0 Å². The molecule has 90 valence electrons. The van der Waals surface area contributed by atoms with Gasteiger partial charge in [-0.2, -0.15) is 0 Å². The number of hydrogen-bond acceptors (Lipinski definition) is 3. The van der Waals surface area contributed by atoms with Crippen molar-refractivity contribution in [1.82, 2.24) is 4.98 Å². The van der Waals surface area contributed by atoms with E-state index in [2.05, 4.69) is 4.98 Å². The molecule has 5 heteroatoms. The van der Waals surface area contributed by atoms with Crippen molar-refractivity contribution in [3.05, 3.63) is 69.0 Å². The Morgan fingerprint density at radius 2 is 2.06 bits per heavy atom. The van der Waals surface area contributed by atoms with E-state index in [1.54, 1.807) is 24.4 Å². The molecule has 0 aliphatic rings. The molecule has 2 rings (SSSR count). The van der Waals surface area contributed by atoms with Gasteiger partial charge in [0.15, 0.2) is 0 Å². The van der Waals surface area contributed by atoms with Crippen LogP contribution in [-0.2, 0) is 0 Å². The zero-order valence-electron chi connectivity index (χ0n) is 9.29. The van der Waals surface area contributed by atoms with Gasteiger partial charge >= 0.3 is 0 Å². The smallest absolute Gasteiger partial charge is 0.258 e. The molecular formula is C13H9ClN2O2. The summed E-state index contributed by atoms with van der Waals surface area (Å²) >= 11 is 5.96. The Kier molecular flexibility index (Phi) is 3.69. The molecule has 0 aliphatic carbocycles. The van der Waals surface area contributed by atoms with E-state index in [9.17, 15) is 10.1 Å². The fourth-order valence-electron chi connectivity index (χ4n) is 1.41. The molecule has 0 saturated heterocycles. The fourth-order valence-corrected chi connectivity index (χ4v) is 1.65. The van der Waals surface area contributed by atoms with Crippen LogP contribution in [0.1, 0.15) is 11.3 Å². The van der Waals surface area contributed by atoms with Crippen LogP contribution in [-0.4, -0.2) is 9.91 Å². The van der Waals surface area contributed by atoms with Crippen molar-refractivity contribution in [2.75, 3.05) is 0 Å². The second-order valence-electron chi connectivity index (χ2n) is 3.55. The minimum atomic E-state index is -0.474. The van der Waals surface area contributed by atoms with Crippen LogP contribution in [0.25, 0.3) is 12.2 Å². The first kappa shape index (κ1) is 12.3. The van der Waals surface area contributed by atoms with Crippen molar-refractivity contribution >= 4 is 29.4 Å². The van der Waals surface area contributed by atoms with Crippen molar-refractivity contribution in [3.63, 3.8) is 0 Å². The minimum absolute atomic E-state index is 0.0185. The second-order valence-corrected chi connectivity index (χ2v) is 3.96. The number of halogens is 1. The molecule has 0 fully saturated rings. The largest absolute Gasteiger partial charge is 0.270 e. The SMILES string of the molecule is O=[N+]([O-])c1ccc(/C=C\c2ccccn2)c(Cl)c1. The summed E-state index contributed by atoms with van der Waals surface area (Å²) in [5.41, 5.74) is 1.50. The third-order valence-corrected chi connectivity index (χ3v) is 2.64. The summed E-state index contributed by atoms with van der Waals surface area (Å²) in [5.74, 6) is 0. The number of benzene rings is 1. The zero-order chi connectivity index (χ0) is 13.0. The molecule has 0 aliphatic heterocycles. The van der Waals surface area contributed by atoms with Crippen molar-refractivity contribution in [2.45, 2.75) is 0 Å². The molecule has 0 saturated carbocycles. The monoisotopic (exact) mass is 260 g/mol. The van der Waals surface area contributed by atoms with Crippen LogP contribution >= 0.6 is 11.6 Å². The van der Waals surface area contributed by atoms with E-state index in [-0.39, 0.29) is 5.69 Å². The number of rotatable bonds is 3. The van der Waals surface area contributed by atoms with Gasteiger partial charge in [0.05, 0.1) is 15.6 Å². The number of nitro groups is 1. The first-order valence-electron chi connectivity index (χ1n) is 5.20. The normalized spacial score (nSPS) is 10.7. The van der Waals surface area contributed by atoms with E-state index in [0.29, 0.717) is 10.6 Å². The molecule has 0 atom stereocenters. The topological polar surface area (TPSA) is 56.0 Å². The molecule has 0 amide bonds. The van der Waals surface area contributed by atoms with E-state index in [4.69, 9.17) is 11.6 Å². The molecule has 1 aromatic heterocycles. The van der Waals surface area contributed by atoms with Gasteiger partial charge in [0.25, 0.3) is 5.69 Å². The highest BCUT2D eigenvalue weighted by Gasteiger charge is 2.07. The van der Waals surface area contributed by atoms with Gasteiger partial charge in [-0.1, -0.05) is 23.7 Å². The van der Waals surface area contributed by atoms with Crippen LogP contribution in [0.5, 0.6) is 0 Å². The summed E-state index contributed by atoms with van der Waals surface area (Å²) in [5, 5.41) is 10.9. The van der Waals surface area contributed by atoms with Crippen LogP contribution in [0.3, 0.4) is 0 Å². The fraction of sp³-hybridized carbons (Fsp3) is 0. The van der Waals surface area contributed by atoms with Gasteiger partial charge in [0.2, 0.25) is 0 Å². The summed E-state index contributed by atoms with van der Waals surface area (Å²) < 4.78 is 0. The number of non-ortho nitro benzene ring substituents is 1. The number of pyridine rings is 1. The van der Waals surface area contributed by atoms with E-state index in [1.165, 1.54) is 12.1 Å². The molecular weight excluding hydrogens is 252 g/mol. The lowest BCUT2D eigenvalue weighted by Crippen LogP contribution is -1.88. The number of aromatic nitrogens is 1. The highest BCUT2D eigenvalue weighted by molar-refractivity contribution is 6.32. The first-order valence-corrected chi connectivity index (χ1v) is 5.57. The van der Waals surface area contributed by atoms with Gasteiger partial charge in [-0.05, 0) is 29.8 Å². The Morgan fingerprint density at radius 1 is 1.22 bits per heavy atom. The maximum atomic E-state index is 10.6. The molecule has 1 heterocycles. The van der Waals surface area contributed by atoms with Gasteiger partial charge < -0.3 is 0 Å². The number of hydrogen-bond donors (Lipinski definition) is 0. The molecule has 0 spiro atoms. The van der Waals surface area contributed by atoms with Gasteiger partial charge in [-0.3, -0.25) is 15.1 Å². The summed E-state index contributed by atoms with van der Waals surface area (Å²) in [6, 6.07) is 9.93. The average molecular weight is 261 g/mol. The Morgan fingerprint density at radius 3 is 2.67 bits per heavy atom. The molecule has 0 radical (unpaired) electrons. The van der Waals surface area contributed by atoms with Gasteiger partial charge in [-0.15, -0.1) is 0 Å². The Hall–Kier alpha value is -2.20.